The van der Waals surface area contributed by atoms with Crippen molar-refractivity contribution in [3.63, 3.8) is 0 Å². The molecule has 3 rings (SSSR count). The average molecular weight is 288 g/mol. The Bertz CT molecular complexity index is 776. The van der Waals surface area contributed by atoms with Gasteiger partial charge in [-0.2, -0.15) is 5.10 Å². The summed E-state index contributed by atoms with van der Waals surface area (Å²) in [5.74, 6) is 0.948. The van der Waals surface area contributed by atoms with E-state index in [0.29, 0.717) is 40.4 Å². The summed E-state index contributed by atoms with van der Waals surface area (Å²) in [4.78, 5) is 8.29. The molecule has 0 unspecified atom stereocenters. The van der Waals surface area contributed by atoms with Crippen LogP contribution in [-0.4, -0.2) is 36.6 Å². The summed E-state index contributed by atoms with van der Waals surface area (Å²) in [5, 5.41) is 18.1. The molecule has 0 aromatic carbocycles. The third-order valence-electron chi connectivity index (χ3n) is 3.17. The molecule has 0 amide bonds. The van der Waals surface area contributed by atoms with Gasteiger partial charge in [-0.05, 0) is 13.8 Å². The number of aliphatic hydroxyl groups excluding tert-OH is 1. The molecule has 0 saturated carbocycles. The van der Waals surface area contributed by atoms with Crippen LogP contribution in [0.25, 0.3) is 22.4 Å². The topological polar surface area (TPSA) is 116 Å². The van der Waals surface area contributed by atoms with E-state index in [0.717, 1.165) is 0 Å². The zero-order valence-electron chi connectivity index (χ0n) is 11.8. The lowest BCUT2D eigenvalue weighted by molar-refractivity contribution is 0.277. The minimum atomic E-state index is 0.00106. The minimum absolute atomic E-state index is 0.00106. The molecule has 0 saturated heterocycles. The number of nitrogen functional groups attached to an aromatic ring is 1. The standard InChI is InChI=1S/C13H16N6O2/c1-7(2)19-13-10(12(14)15-6-16-13)11(17-19)9-5-8(3-4-20)21-18-9/h5-7,20H,3-4H2,1-2H3,(H2,14,15,16). The molecule has 8 nitrogen and oxygen atoms in total. The fourth-order valence-corrected chi connectivity index (χ4v) is 2.19. The van der Waals surface area contributed by atoms with Crippen molar-refractivity contribution in [1.82, 2.24) is 24.9 Å². The van der Waals surface area contributed by atoms with Gasteiger partial charge < -0.3 is 15.4 Å². The maximum Gasteiger partial charge on any atom is 0.164 e. The third kappa shape index (κ3) is 2.23. The van der Waals surface area contributed by atoms with E-state index in [1.165, 1.54) is 6.33 Å². The Morgan fingerprint density at radius 3 is 2.90 bits per heavy atom. The van der Waals surface area contributed by atoms with Gasteiger partial charge in [0.05, 0.1) is 12.0 Å². The van der Waals surface area contributed by atoms with Crippen LogP contribution in [0.5, 0.6) is 0 Å². The second-order valence-electron chi connectivity index (χ2n) is 5.00. The first-order valence-corrected chi connectivity index (χ1v) is 6.67. The monoisotopic (exact) mass is 288 g/mol. The molecule has 0 fully saturated rings. The van der Waals surface area contributed by atoms with Crippen molar-refractivity contribution in [3.8, 4) is 11.4 Å². The van der Waals surface area contributed by atoms with Gasteiger partial charge in [0, 0.05) is 18.5 Å². The van der Waals surface area contributed by atoms with Gasteiger partial charge in [0.15, 0.2) is 5.65 Å². The zero-order valence-corrected chi connectivity index (χ0v) is 11.8. The molecule has 0 bridgehead atoms. The zero-order chi connectivity index (χ0) is 15.0. The molecular formula is C13H16N6O2. The van der Waals surface area contributed by atoms with Crippen LogP contribution in [0.15, 0.2) is 16.9 Å². The van der Waals surface area contributed by atoms with Crippen LogP contribution >= 0.6 is 0 Å². The normalized spacial score (nSPS) is 11.6. The van der Waals surface area contributed by atoms with Crippen molar-refractivity contribution < 1.29 is 9.63 Å². The van der Waals surface area contributed by atoms with Gasteiger partial charge in [-0.3, -0.25) is 0 Å². The van der Waals surface area contributed by atoms with E-state index in [9.17, 15) is 0 Å². The first kappa shape index (κ1) is 13.5. The average Bonchev–Trinajstić information content (AvgIpc) is 3.04. The van der Waals surface area contributed by atoms with Crippen LogP contribution in [0.2, 0.25) is 0 Å². The molecular weight excluding hydrogens is 272 g/mol. The van der Waals surface area contributed by atoms with Gasteiger partial charge in [-0.1, -0.05) is 5.16 Å². The Morgan fingerprint density at radius 1 is 1.38 bits per heavy atom. The number of rotatable bonds is 4. The first-order chi connectivity index (χ1) is 10.1. The summed E-state index contributed by atoms with van der Waals surface area (Å²) < 4.78 is 6.96. The Balaban J connectivity index is 2.21. The summed E-state index contributed by atoms with van der Waals surface area (Å²) in [6, 6.07) is 1.87. The largest absolute Gasteiger partial charge is 0.396 e. The molecule has 0 aliphatic carbocycles. The van der Waals surface area contributed by atoms with Crippen molar-refractivity contribution in [2.24, 2.45) is 0 Å². The van der Waals surface area contributed by atoms with Gasteiger partial charge in [-0.25, -0.2) is 14.6 Å². The van der Waals surface area contributed by atoms with Gasteiger partial charge in [-0.15, -0.1) is 0 Å². The van der Waals surface area contributed by atoms with Crippen molar-refractivity contribution in [2.45, 2.75) is 26.3 Å². The van der Waals surface area contributed by atoms with Gasteiger partial charge in [0.2, 0.25) is 0 Å². The Hall–Kier alpha value is -2.48. The van der Waals surface area contributed by atoms with E-state index in [-0.39, 0.29) is 12.6 Å². The van der Waals surface area contributed by atoms with Crippen LogP contribution in [0.4, 0.5) is 5.82 Å². The molecule has 0 aliphatic heterocycles. The second kappa shape index (κ2) is 5.13. The summed E-state index contributed by atoms with van der Waals surface area (Å²) >= 11 is 0. The fourth-order valence-electron chi connectivity index (χ4n) is 2.19. The molecule has 8 heteroatoms. The lowest BCUT2D eigenvalue weighted by Gasteiger charge is -2.05. The second-order valence-corrected chi connectivity index (χ2v) is 5.00. The summed E-state index contributed by atoms with van der Waals surface area (Å²) in [6.45, 7) is 4.02. The van der Waals surface area contributed by atoms with Crippen molar-refractivity contribution in [1.29, 1.82) is 0 Å². The molecule has 0 aliphatic rings. The number of nitrogens with zero attached hydrogens (tertiary/aromatic N) is 5. The summed E-state index contributed by atoms with van der Waals surface area (Å²) in [7, 11) is 0. The van der Waals surface area contributed by atoms with Crippen LogP contribution in [0.1, 0.15) is 25.6 Å². The number of anilines is 1. The van der Waals surface area contributed by atoms with E-state index in [4.69, 9.17) is 15.4 Å². The van der Waals surface area contributed by atoms with E-state index in [1.54, 1.807) is 10.7 Å². The molecule has 0 radical (unpaired) electrons. The number of aromatic nitrogens is 5. The maximum atomic E-state index is 8.94. The number of fused-ring (bicyclic) bond motifs is 1. The minimum Gasteiger partial charge on any atom is -0.396 e. The highest BCUT2D eigenvalue weighted by molar-refractivity contribution is 5.97. The smallest absolute Gasteiger partial charge is 0.164 e. The van der Waals surface area contributed by atoms with E-state index in [1.807, 2.05) is 13.8 Å². The first-order valence-electron chi connectivity index (χ1n) is 6.67. The summed E-state index contributed by atoms with van der Waals surface area (Å²) in [5.41, 5.74) is 7.78. The van der Waals surface area contributed by atoms with E-state index in [2.05, 4.69) is 20.2 Å². The molecule has 0 atom stereocenters. The van der Waals surface area contributed by atoms with Crippen molar-refractivity contribution >= 4 is 16.9 Å². The predicted molar refractivity (Wildman–Crippen MR) is 76.4 cm³/mol. The molecule has 3 heterocycles. The molecule has 3 aromatic rings. The highest BCUT2D eigenvalue weighted by atomic mass is 16.5. The highest BCUT2D eigenvalue weighted by Gasteiger charge is 2.20. The van der Waals surface area contributed by atoms with E-state index < -0.39 is 0 Å². The van der Waals surface area contributed by atoms with Crippen molar-refractivity contribution in [3.05, 3.63) is 18.2 Å². The Labute approximate surface area is 120 Å². The lowest BCUT2D eigenvalue weighted by atomic mass is 10.2. The quantitative estimate of drug-likeness (QED) is 0.740. The SMILES string of the molecule is CC(C)n1nc(-c2cc(CCO)on2)c2c(N)ncnc21. The predicted octanol–water partition coefficient (Wildman–Crippen LogP) is 1.18. The summed E-state index contributed by atoms with van der Waals surface area (Å²) in [6.07, 6.45) is 1.82. The van der Waals surface area contributed by atoms with Crippen molar-refractivity contribution in [2.75, 3.05) is 12.3 Å². The van der Waals surface area contributed by atoms with Crippen LogP contribution in [0.3, 0.4) is 0 Å². The van der Waals surface area contributed by atoms with Crippen LogP contribution in [0, 0.1) is 0 Å². The van der Waals surface area contributed by atoms with Crippen LogP contribution in [-0.2, 0) is 6.42 Å². The third-order valence-corrected chi connectivity index (χ3v) is 3.17. The van der Waals surface area contributed by atoms with Crippen LogP contribution < -0.4 is 5.73 Å². The van der Waals surface area contributed by atoms with Gasteiger partial charge >= 0.3 is 0 Å². The Kier molecular flexibility index (Phi) is 3.30. The number of hydrogen-bond acceptors (Lipinski definition) is 7. The molecule has 3 aromatic heterocycles. The Morgan fingerprint density at radius 2 is 2.19 bits per heavy atom. The number of nitrogens with two attached hydrogens (primary N) is 1. The van der Waals surface area contributed by atoms with E-state index >= 15 is 0 Å². The van der Waals surface area contributed by atoms with Gasteiger partial charge in [0.1, 0.15) is 29.3 Å². The highest BCUT2D eigenvalue weighted by Crippen LogP contribution is 2.31. The lowest BCUT2D eigenvalue weighted by Crippen LogP contribution is -2.04. The van der Waals surface area contributed by atoms with Gasteiger partial charge in [0.25, 0.3) is 0 Å². The fraction of sp³-hybridized carbons (Fsp3) is 0.385. The molecule has 21 heavy (non-hydrogen) atoms. The molecule has 3 N–H and O–H groups in total. The maximum absolute atomic E-state index is 8.94. The number of hydrogen-bond donors (Lipinski definition) is 2. The molecule has 110 valence electrons. The molecule has 0 spiro atoms. The number of aliphatic hydroxyl groups is 1.